The number of urea groups is 1. The minimum Gasteiger partial charge on any atom is -0.508 e. The molecule has 0 saturated carbocycles. The molecule has 7 heteroatoms. The molecule has 0 bridgehead atoms. The molecule has 2 saturated heterocycles. The summed E-state index contributed by atoms with van der Waals surface area (Å²) in [5.74, 6) is 1.02. The molecule has 26 heavy (non-hydrogen) atoms. The van der Waals surface area contributed by atoms with Gasteiger partial charge in [-0.2, -0.15) is 0 Å². The molecule has 0 aromatic heterocycles. The predicted octanol–water partition coefficient (Wildman–Crippen LogP) is 1.39. The second-order valence-electron chi connectivity index (χ2n) is 7.23. The van der Waals surface area contributed by atoms with Crippen LogP contribution in [0.3, 0.4) is 0 Å². The number of hydrogen-bond donors (Lipinski definition) is 3. The minimum absolute atomic E-state index is 0.0124. The molecule has 0 spiro atoms. The van der Waals surface area contributed by atoms with Crippen molar-refractivity contribution in [2.75, 3.05) is 39.8 Å². The first-order valence-electron chi connectivity index (χ1n) is 9.36. The summed E-state index contributed by atoms with van der Waals surface area (Å²) >= 11 is 0. The zero-order chi connectivity index (χ0) is 18.5. The van der Waals surface area contributed by atoms with Crippen LogP contribution in [0.15, 0.2) is 18.2 Å². The Balaban J connectivity index is 1.49. The number of aromatic hydroxyl groups is 1. The van der Waals surface area contributed by atoms with Gasteiger partial charge in [0.1, 0.15) is 11.5 Å². The Kier molecular flexibility index (Phi) is 6.21. The number of phenols is 1. The van der Waals surface area contributed by atoms with Gasteiger partial charge in [-0.1, -0.05) is 0 Å². The summed E-state index contributed by atoms with van der Waals surface area (Å²) in [5.41, 5.74) is 0.903. The summed E-state index contributed by atoms with van der Waals surface area (Å²) < 4.78 is 5.35. The number of rotatable bonds is 5. The predicted molar refractivity (Wildman–Crippen MR) is 98.3 cm³/mol. The molecule has 3 rings (SSSR count). The van der Waals surface area contributed by atoms with Crippen LogP contribution >= 0.6 is 0 Å². The topological polar surface area (TPSA) is 85.3 Å². The first-order valence-corrected chi connectivity index (χ1v) is 9.36. The maximum absolute atomic E-state index is 12.1. The molecule has 0 unspecified atom stereocenters. The number of hydrogen-bond acceptors (Lipinski definition) is 5. The third-order valence-electron chi connectivity index (χ3n) is 5.37. The molecule has 1 aromatic carbocycles. The number of carbonyl (C=O) groups excluding carboxylic acids is 1. The highest BCUT2D eigenvalue weighted by Crippen LogP contribution is 2.26. The molecule has 7 nitrogen and oxygen atoms in total. The van der Waals surface area contributed by atoms with E-state index in [0.29, 0.717) is 19.6 Å². The number of likely N-dealkylation sites (tertiary alicyclic amines) is 2. The number of ether oxygens (including phenoxy) is 1. The fourth-order valence-corrected chi connectivity index (χ4v) is 3.81. The van der Waals surface area contributed by atoms with Crippen LogP contribution in [0.5, 0.6) is 11.5 Å². The van der Waals surface area contributed by atoms with Gasteiger partial charge < -0.3 is 25.2 Å². The van der Waals surface area contributed by atoms with Gasteiger partial charge in [-0.05, 0) is 44.0 Å². The van der Waals surface area contributed by atoms with Gasteiger partial charge in [0, 0.05) is 44.2 Å². The van der Waals surface area contributed by atoms with Crippen LogP contribution in [0.25, 0.3) is 0 Å². The highest BCUT2D eigenvalue weighted by Gasteiger charge is 2.29. The number of piperidine rings is 1. The zero-order valence-electron chi connectivity index (χ0n) is 15.4. The zero-order valence-corrected chi connectivity index (χ0v) is 15.4. The fraction of sp³-hybridized carbons (Fsp3) is 0.632. The van der Waals surface area contributed by atoms with Crippen LogP contribution < -0.4 is 10.1 Å². The number of nitrogens with zero attached hydrogens (tertiary/aromatic N) is 2. The van der Waals surface area contributed by atoms with Crippen LogP contribution in [-0.2, 0) is 6.54 Å². The number of carbonyl (C=O) groups is 1. The average Bonchev–Trinajstić information content (AvgIpc) is 3.16. The van der Waals surface area contributed by atoms with Gasteiger partial charge in [0.2, 0.25) is 0 Å². The lowest BCUT2D eigenvalue weighted by Crippen LogP contribution is -2.48. The van der Waals surface area contributed by atoms with Crippen LogP contribution in [-0.4, -0.2) is 72.0 Å². The molecular weight excluding hydrogens is 334 g/mol. The molecular formula is C19H29N3O4. The Morgan fingerprint density at radius 1 is 1.31 bits per heavy atom. The van der Waals surface area contributed by atoms with Crippen molar-refractivity contribution >= 4 is 6.03 Å². The highest BCUT2D eigenvalue weighted by molar-refractivity contribution is 5.74. The van der Waals surface area contributed by atoms with Crippen LogP contribution in [0.4, 0.5) is 4.79 Å². The van der Waals surface area contributed by atoms with Crippen molar-refractivity contribution in [3.05, 3.63) is 23.8 Å². The normalized spacial score (nSPS) is 23.8. The van der Waals surface area contributed by atoms with Crippen LogP contribution in [0.2, 0.25) is 0 Å². The first-order chi connectivity index (χ1) is 12.6. The van der Waals surface area contributed by atoms with E-state index in [-0.39, 0.29) is 17.7 Å². The van der Waals surface area contributed by atoms with Crippen LogP contribution in [0.1, 0.15) is 24.8 Å². The number of methoxy groups -OCH3 is 1. The Hall–Kier alpha value is -1.99. The van der Waals surface area contributed by atoms with Crippen molar-refractivity contribution in [3.8, 4) is 11.5 Å². The number of benzene rings is 1. The average molecular weight is 363 g/mol. The summed E-state index contributed by atoms with van der Waals surface area (Å²) in [6, 6.07) is 5.04. The van der Waals surface area contributed by atoms with Crippen molar-refractivity contribution in [2.45, 2.75) is 31.9 Å². The van der Waals surface area contributed by atoms with Crippen molar-refractivity contribution in [1.82, 2.24) is 15.1 Å². The van der Waals surface area contributed by atoms with Gasteiger partial charge >= 0.3 is 6.03 Å². The van der Waals surface area contributed by atoms with Gasteiger partial charge in [-0.3, -0.25) is 4.90 Å². The summed E-state index contributed by atoms with van der Waals surface area (Å²) in [4.78, 5) is 16.1. The number of nitrogens with one attached hydrogen (secondary N) is 1. The van der Waals surface area contributed by atoms with Crippen molar-refractivity contribution < 1.29 is 19.7 Å². The first kappa shape index (κ1) is 18.8. The largest absolute Gasteiger partial charge is 0.508 e. The third kappa shape index (κ3) is 4.59. The van der Waals surface area contributed by atoms with Gasteiger partial charge in [0.05, 0.1) is 13.2 Å². The highest BCUT2D eigenvalue weighted by atomic mass is 16.5. The Labute approximate surface area is 154 Å². The Morgan fingerprint density at radius 2 is 2.08 bits per heavy atom. The summed E-state index contributed by atoms with van der Waals surface area (Å²) in [7, 11) is 1.61. The standard InChI is InChI=1S/C19H29N3O4/c1-26-18-5-4-16(23)10-15(18)12-21-9-6-14(17(24)13-21)11-20-19(25)22-7-2-3-8-22/h4-5,10,14,17,23-24H,2-3,6-9,11-13H2,1H3,(H,20,25)/t14-,17+/m0/s1. The Morgan fingerprint density at radius 3 is 2.77 bits per heavy atom. The molecule has 1 aromatic rings. The second kappa shape index (κ2) is 8.60. The number of amides is 2. The Bertz CT molecular complexity index is 619. The summed E-state index contributed by atoms with van der Waals surface area (Å²) in [6.45, 7) is 4.17. The molecule has 2 atom stereocenters. The molecule has 2 fully saturated rings. The van der Waals surface area contributed by atoms with E-state index in [4.69, 9.17) is 4.74 Å². The van der Waals surface area contributed by atoms with E-state index in [9.17, 15) is 15.0 Å². The smallest absolute Gasteiger partial charge is 0.317 e. The molecule has 0 aliphatic carbocycles. The van der Waals surface area contributed by atoms with E-state index in [2.05, 4.69) is 10.2 Å². The summed E-state index contributed by atoms with van der Waals surface area (Å²) in [5, 5.41) is 23.2. The number of β-amino-alcohol motifs (C(OH)–C–C–N with tert-alkyl or cyclic N) is 1. The van der Waals surface area contributed by atoms with Gasteiger partial charge in [-0.15, -0.1) is 0 Å². The monoisotopic (exact) mass is 363 g/mol. The van der Waals surface area contributed by atoms with E-state index in [1.807, 2.05) is 4.90 Å². The lowest BCUT2D eigenvalue weighted by molar-refractivity contribution is 0.0193. The molecule has 2 heterocycles. The quantitative estimate of drug-likeness (QED) is 0.736. The number of phenolic OH excluding ortho intramolecular Hbond substituents is 1. The fourth-order valence-electron chi connectivity index (χ4n) is 3.81. The van der Waals surface area contributed by atoms with Gasteiger partial charge in [0.25, 0.3) is 0 Å². The molecule has 2 aliphatic heterocycles. The SMILES string of the molecule is COc1ccc(O)cc1CN1CC[C@@H](CNC(=O)N2CCCC2)[C@H](O)C1. The van der Waals surface area contributed by atoms with Crippen molar-refractivity contribution in [3.63, 3.8) is 0 Å². The molecule has 3 N–H and O–H groups in total. The molecule has 2 amide bonds. The third-order valence-corrected chi connectivity index (χ3v) is 5.37. The van der Waals surface area contributed by atoms with E-state index in [1.54, 1.807) is 25.3 Å². The van der Waals surface area contributed by atoms with Gasteiger partial charge in [-0.25, -0.2) is 4.79 Å². The number of aliphatic hydroxyl groups excluding tert-OH is 1. The van der Waals surface area contributed by atoms with Crippen molar-refractivity contribution in [2.24, 2.45) is 5.92 Å². The molecule has 0 radical (unpaired) electrons. The van der Waals surface area contributed by atoms with E-state index < -0.39 is 6.10 Å². The van der Waals surface area contributed by atoms with Crippen molar-refractivity contribution in [1.29, 1.82) is 0 Å². The minimum atomic E-state index is -0.481. The van der Waals surface area contributed by atoms with Crippen LogP contribution in [0, 0.1) is 5.92 Å². The second-order valence-corrected chi connectivity index (χ2v) is 7.23. The lowest BCUT2D eigenvalue weighted by atomic mass is 9.93. The van der Waals surface area contributed by atoms with Gasteiger partial charge in [0.15, 0.2) is 0 Å². The molecule has 2 aliphatic rings. The summed E-state index contributed by atoms with van der Waals surface area (Å²) in [6.07, 6.45) is 2.49. The van der Waals surface area contributed by atoms with E-state index in [1.165, 1.54) is 0 Å². The lowest BCUT2D eigenvalue weighted by Gasteiger charge is -2.36. The molecule has 144 valence electrons. The maximum Gasteiger partial charge on any atom is 0.317 e. The maximum atomic E-state index is 12.1. The van der Waals surface area contributed by atoms with E-state index >= 15 is 0 Å². The number of aliphatic hydroxyl groups is 1. The van der Waals surface area contributed by atoms with E-state index in [0.717, 1.165) is 50.2 Å².